The lowest BCUT2D eigenvalue weighted by Gasteiger charge is -2.33. The van der Waals surface area contributed by atoms with Gasteiger partial charge in [-0.3, -0.25) is 14.4 Å². The highest BCUT2D eigenvalue weighted by molar-refractivity contribution is 6.34. The maximum Gasteiger partial charge on any atom is 0.266 e. The maximum atomic E-state index is 12.9. The molecule has 2 aliphatic rings. The van der Waals surface area contributed by atoms with Crippen molar-refractivity contribution >= 4 is 23.4 Å². The second-order valence-electron chi connectivity index (χ2n) is 6.88. The summed E-state index contributed by atoms with van der Waals surface area (Å²) in [5, 5.41) is 0. The predicted molar refractivity (Wildman–Crippen MR) is 98.4 cm³/mol. The number of carbonyl (C=O) groups excluding carboxylic acids is 3. The fourth-order valence-corrected chi connectivity index (χ4v) is 3.77. The minimum atomic E-state index is -0.346. The average Bonchev–Trinajstić information content (AvgIpc) is 2.93. The molecule has 4 rings (SSSR count). The first-order valence-electron chi connectivity index (χ1n) is 8.97. The molecule has 0 aromatic heterocycles. The zero-order valence-electron chi connectivity index (χ0n) is 14.6. The van der Waals surface area contributed by atoms with Crippen molar-refractivity contribution < 1.29 is 14.4 Å². The van der Waals surface area contributed by atoms with E-state index in [2.05, 4.69) is 6.92 Å². The predicted octanol–water partition coefficient (Wildman–Crippen LogP) is 3.50. The number of amides is 3. The Morgan fingerprint density at radius 1 is 0.962 bits per heavy atom. The van der Waals surface area contributed by atoms with Gasteiger partial charge in [-0.15, -0.1) is 0 Å². The lowest BCUT2D eigenvalue weighted by Crippen LogP contribution is -2.42. The van der Waals surface area contributed by atoms with Gasteiger partial charge in [-0.1, -0.05) is 18.2 Å². The SMILES string of the molecule is CC1CCCCN1C(=O)c1cccc(N2C(=O)c3ccccc3C2=O)c1. The van der Waals surface area contributed by atoms with Gasteiger partial charge in [0.05, 0.1) is 16.8 Å². The molecular formula is C21H20N2O3. The third-order valence-electron chi connectivity index (χ3n) is 5.21. The van der Waals surface area contributed by atoms with Gasteiger partial charge < -0.3 is 4.90 Å². The molecule has 26 heavy (non-hydrogen) atoms. The normalized spacial score (nSPS) is 19.7. The Labute approximate surface area is 152 Å². The number of nitrogens with zero attached hydrogens (tertiary/aromatic N) is 2. The summed E-state index contributed by atoms with van der Waals surface area (Å²) in [6.07, 6.45) is 3.15. The molecule has 5 nitrogen and oxygen atoms in total. The lowest BCUT2D eigenvalue weighted by atomic mass is 10.0. The Morgan fingerprint density at radius 2 is 1.65 bits per heavy atom. The van der Waals surface area contributed by atoms with Crippen LogP contribution in [0.4, 0.5) is 5.69 Å². The number of fused-ring (bicyclic) bond motifs is 1. The number of anilines is 1. The zero-order chi connectivity index (χ0) is 18.3. The van der Waals surface area contributed by atoms with Crippen LogP contribution in [0.3, 0.4) is 0 Å². The summed E-state index contributed by atoms with van der Waals surface area (Å²) in [4.78, 5) is 41.2. The molecule has 1 unspecified atom stereocenters. The van der Waals surface area contributed by atoms with E-state index in [0.717, 1.165) is 30.7 Å². The number of hydrogen-bond donors (Lipinski definition) is 0. The highest BCUT2D eigenvalue weighted by Crippen LogP contribution is 2.29. The summed E-state index contributed by atoms with van der Waals surface area (Å²) in [5.41, 5.74) is 1.75. The zero-order valence-corrected chi connectivity index (χ0v) is 14.6. The van der Waals surface area contributed by atoms with Gasteiger partial charge in [0.2, 0.25) is 0 Å². The first-order valence-corrected chi connectivity index (χ1v) is 8.97. The van der Waals surface area contributed by atoms with Crippen LogP contribution >= 0.6 is 0 Å². The summed E-state index contributed by atoms with van der Waals surface area (Å²) in [6.45, 7) is 2.81. The number of imide groups is 1. The number of likely N-dealkylation sites (tertiary alicyclic amines) is 1. The fourth-order valence-electron chi connectivity index (χ4n) is 3.77. The molecule has 1 atom stereocenters. The van der Waals surface area contributed by atoms with Crippen LogP contribution in [0.5, 0.6) is 0 Å². The van der Waals surface area contributed by atoms with Gasteiger partial charge in [-0.05, 0) is 56.5 Å². The summed E-state index contributed by atoms with van der Waals surface area (Å²) in [6, 6.07) is 13.8. The van der Waals surface area contributed by atoms with E-state index in [1.807, 2.05) is 4.90 Å². The first kappa shape index (κ1) is 16.5. The molecular weight excluding hydrogens is 328 g/mol. The topological polar surface area (TPSA) is 57.7 Å². The highest BCUT2D eigenvalue weighted by atomic mass is 16.2. The number of piperidine rings is 1. The number of hydrogen-bond acceptors (Lipinski definition) is 3. The smallest absolute Gasteiger partial charge is 0.266 e. The monoisotopic (exact) mass is 348 g/mol. The molecule has 5 heteroatoms. The van der Waals surface area contributed by atoms with E-state index < -0.39 is 0 Å². The summed E-state index contributed by atoms with van der Waals surface area (Å²) in [5.74, 6) is -0.737. The van der Waals surface area contributed by atoms with E-state index in [4.69, 9.17) is 0 Å². The van der Waals surface area contributed by atoms with Crippen molar-refractivity contribution in [3.8, 4) is 0 Å². The number of carbonyl (C=O) groups is 3. The quantitative estimate of drug-likeness (QED) is 0.781. The highest BCUT2D eigenvalue weighted by Gasteiger charge is 2.36. The van der Waals surface area contributed by atoms with Crippen LogP contribution in [0.25, 0.3) is 0 Å². The molecule has 1 saturated heterocycles. The molecule has 3 amide bonds. The number of benzene rings is 2. The van der Waals surface area contributed by atoms with Crippen LogP contribution in [0, 0.1) is 0 Å². The molecule has 2 aliphatic heterocycles. The molecule has 0 saturated carbocycles. The molecule has 0 N–H and O–H groups in total. The van der Waals surface area contributed by atoms with Gasteiger partial charge in [-0.25, -0.2) is 4.90 Å². The van der Waals surface area contributed by atoms with Crippen molar-refractivity contribution in [2.24, 2.45) is 0 Å². The second kappa shape index (κ2) is 6.41. The maximum absolute atomic E-state index is 12.9. The summed E-state index contributed by atoms with van der Waals surface area (Å²) >= 11 is 0. The molecule has 0 spiro atoms. The standard InChI is InChI=1S/C21H20N2O3/c1-14-7-4-5-12-22(14)19(24)15-8-6-9-16(13-15)23-20(25)17-10-2-3-11-18(17)21(23)26/h2-3,6,8-11,13-14H,4-5,7,12H2,1H3. The van der Waals surface area contributed by atoms with Crippen LogP contribution < -0.4 is 4.90 Å². The lowest BCUT2D eigenvalue weighted by molar-refractivity contribution is 0.0635. The molecule has 2 aromatic rings. The molecule has 0 radical (unpaired) electrons. The molecule has 132 valence electrons. The van der Waals surface area contributed by atoms with Gasteiger partial charge in [0, 0.05) is 18.2 Å². The number of rotatable bonds is 2. The van der Waals surface area contributed by atoms with Gasteiger partial charge in [0.25, 0.3) is 17.7 Å². The molecule has 0 bridgehead atoms. The van der Waals surface area contributed by atoms with E-state index in [9.17, 15) is 14.4 Å². The first-order chi connectivity index (χ1) is 12.6. The molecule has 0 aliphatic carbocycles. The minimum Gasteiger partial charge on any atom is -0.336 e. The fraction of sp³-hybridized carbons (Fsp3) is 0.286. The van der Waals surface area contributed by atoms with Crippen molar-refractivity contribution in [2.45, 2.75) is 32.2 Å². The van der Waals surface area contributed by atoms with Crippen LogP contribution in [-0.4, -0.2) is 35.2 Å². The van der Waals surface area contributed by atoms with E-state index in [-0.39, 0.29) is 23.8 Å². The van der Waals surface area contributed by atoms with Gasteiger partial charge in [-0.2, -0.15) is 0 Å². The van der Waals surface area contributed by atoms with E-state index >= 15 is 0 Å². The van der Waals surface area contributed by atoms with Crippen LogP contribution in [0.1, 0.15) is 57.3 Å². The van der Waals surface area contributed by atoms with Crippen LogP contribution in [0.2, 0.25) is 0 Å². The van der Waals surface area contributed by atoms with Crippen molar-refractivity contribution in [1.29, 1.82) is 0 Å². The third-order valence-corrected chi connectivity index (χ3v) is 5.21. The van der Waals surface area contributed by atoms with E-state index in [1.54, 1.807) is 48.5 Å². The van der Waals surface area contributed by atoms with Crippen molar-refractivity contribution in [1.82, 2.24) is 4.90 Å². The van der Waals surface area contributed by atoms with Crippen molar-refractivity contribution in [3.05, 3.63) is 65.2 Å². The van der Waals surface area contributed by atoms with E-state index in [0.29, 0.717) is 22.4 Å². The Balaban J connectivity index is 1.66. The molecule has 2 aromatic carbocycles. The van der Waals surface area contributed by atoms with E-state index in [1.165, 1.54) is 0 Å². The molecule has 2 heterocycles. The largest absolute Gasteiger partial charge is 0.336 e. The van der Waals surface area contributed by atoms with Gasteiger partial charge in [0.1, 0.15) is 0 Å². The van der Waals surface area contributed by atoms with Gasteiger partial charge >= 0.3 is 0 Å². The Bertz CT molecular complexity index is 871. The third kappa shape index (κ3) is 2.60. The van der Waals surface area contributed by atoms with Crippen molar-refractivity contribution in [2.75, 3.05) is 11.4 Å². The second-order valence-corrected chi connectivity index (χ2v) is 6.88. The summed E-state index contributed by atoms with van der Waals surface area (Å²) in [7, 11) is 0. The Kier molecular flexibility index (Phi) is 4.07. The van der Waals surface area contributed by atoms with Crippen LogP contribution in [0.15, 0.2) is 48.5 Å². The average molecular weight is 348 g/mol. The summed E-state index contributed by atoms with van der Waals surface area (Å²) < 4.78 is 0. The van der Waals surface area contributed by atoms with Crippen LogP contribution in [-0.2, 0) is 0 Å². The Hall–Kier alpha value is -2.95. The Morgan fingerprint density at radius 3 is 2.31 bits per heavy atom. The molecule has 1 fully saturated rings. The minimum absolute atomic E-state index is 0.0457. The van der Waals surface area contributed by atoms with Gasteiger partial charge in [0.15, 0.2) is 0 Å². The van der Waals surface area contributed by atoms with Crippen molar-refractivity contribution in [3.63, 3.8) is 0 Å².